The van der Waals surface area contributed by atoms with E-state index < -0.39 is 29.7 Å². The van der Waals surface area contributed by atoms with Gasteiger partial charge in [0.15, 0.2) is 5.82 Å². The van der Waals surface area contributed by atoms with E-state index >= 15 is 0 Å². The number of likely N-dealkylation sites (tertiary alicyclic amines) is 1. The summed E-state index contributed by atoms with van der Waals surface area (Å²) in [5, 5.41) is 11.1. The van der Waals surface area contributed by atoms with Crippen molar-refractivity contribution in [1.29, 1.82) is 0 Å². The molecule has 2 aliphatic heterocycles. The van der Waals surface area contributed by atoms with Crippen LogP contribution in [0.15, 0.2) is 101 Å². The van der Waals surface area contributed by atoms with E-state index in [1.54, 1.807) is 26.5 Å². The number of aliphatic hydroxyl groups excluding tert-OH is 1. The van der Waals surface area contributed by atoms with Crippen LogP contribution in [0.2, 0.25) is 0 Å². The Bertz CT molecular complexity index is 1630. The standard InChI is InChI=1S/C35H38N4O6/c1-38-20-7-10-32(38)36-31-19-21-39(34(41)37-31)33-22-29(40)30(45-33)23-44-35(24-8-5-4-6-9-24,25-11-15-27(42-2)16-12-25)26-13-17-28(43-3)18-14-26/h4-6,8-9,11-19,21,29-30,33,40H,7,10,20,22-23H2,1-3H3/t29?,30-,33-/m1/s1. The number of aromatic nitrogens is 2. The SMILES string of the molecule is COc1ccc(C(OC[C@H]2O[C@@H](n3ccc(N=C4CCCN4C)nc3=O)CC2O)(c2ccccc2)c2ccc(OC)cc2)cc1. The number of ether oxygens (including phenoxy) is 4. The molecule has 1 N–H and O–H groups in total. The minimum absolute atomic E-state index is 0.0465. The summed E-state index contributed by atoms with van der Waals surface area (Å²) in [5.41, 5.74) is 1.10. The van der Waals surface area contributed by atoms with Gasteiger partial charge in [-0.05, 0) is 53.4 Å². The average molecular weight is 611 g/mol. The van der Waals surface area contributed by atoms with Gasteiger partial charge in [0.2, 0.25) is 0 Å². The average Bonchev–Trinajstić information content (AvgIpc) is 3.66. The van der Waals surface area contributed by atoms with Crippen LogP contribution in [0.5, 0.6) is 11.5 Å². The van der Waals surface area contributed by atoms with Crippen molar-refractivity contribution < 1.29 is 24.1 Å². The molecular weight excluding hydrogens is 572 g/mol. The van der Waals surface area contributed by atoms with Crippen LogP contribution < -0.4 is 15.2 Å². The molecule has 2 aliphatic rings. The lowest BCUT2D eigenvalue weighted by atomic mass is 9.80. The van der Waals surface area contributed by atoms with E-state index in [4.69, 9.17) is 18.9 Å². The predicted octanol–water partition coefficient (Wildman–Crippen LogP) is 4.67. The van der Waals surface area contributed by atoms with Crippen LogP contribution >= 0.6 is 0 Å². The molecule has 1 unspecified atom stereocenters. The summed E-state index contributed by atoms with van der Waals surface area (Å²) in [6, 6.07) is 27.1. The zero-order valence-corrected chi connectivity index (χ0v) is 25.7. The van der Waals surface area contributed by atoms with Crippen LogP contribution in [0.1, 0.15) is 42.2 Å². The molecule has 6 rings (SSSR count). The van der Waals surface area contributed by atoms with Crippen molar-refractivity contribution in [2.75, 3.05) is 34.4 Å². The maximum Gasteiger partial charge on any atom is 0.351 e. The lowest BCUT2D eigenvalue weighted by Gasteiger charge is -2.37. The first kappa shape index (κ1) is 30.5. The number of nitrogens with zero attached hydrogens (tertiary/aromatic N) is 4. The summed E-state index contributed by atoms with van der Waals surface area (Å²) in [7, 11) is 5.24. The van der Waals surface area contributed by atoms with Crippen LogP contribution in [0.4, 0.5) is 5.82 Å². The molecule has 3 aromatic carbocycles. The zero-order chi connectivity index (χ0) is 31.4. The van der Waals surface area contributed by atoms with Crippen molar-refractivity contribution in [3.63, 3.8) is 0 Å². The van der Waals surface area contributed by atoms with Crippen LogP contribution in [-0.4, -0.2) is 72.0 Å². The molecule has 10 nitrogen and oxygen atoms in total. The molecule has 3 atom stereocenters. The molecule has 2 saturated heterocycles. The lowest BCUT2D eigenvalue weighted by molar-refractivity contribution is -0.0944. The molecule has 0 saturated carbocycles. The van der Waals surface area contributed by atoms with Crippen LogP contribution in [-0.2, 0) is 15.1 Å². The van der Waals surface area contributed by atoms with Crippen molar-refractivity contribution in [3.05, 3.63) is 118 Å². The second-order valence-electron chi connectivity index (χ2n) is 11.3. The molecule has 0 radical (unpaired) electrons. The molecule has 2 fully saturated rings. The Morgan fingerprint density at radius 1 is 0.933 bits per heavy atom. The molecule has 234 valence electrons. The quantitative estimate of drug-likeness (QED) is 0.258. The normalized spacial score (nSPS) is 20.9. The van der Waals surface area contributed by atoms with Crippen LogP contribution in [0, 0.1) is 0 Å². The number of amidine groups is 1. The number of hydrogen-bond donors (Lipinski definition) is 1. The number of aliphatic hydroxyl groups is 1. The molecule has 0 bridgehead atoms. The van der Waals surface area contributed by atoms with Gasteiger partial charge in [0.25, 0.3) is 0 Å². The number of aliphatic imine (C=N–C) groups is 1. The molecule has 1 aromatic heterocycles. The number of benzene rings is 3. The Labute approximate surface area is 262 Å². The van der Waals surface area contributed by atoms with Gasteiger partial charge in [-0.2, -0.15) is 4.98 Å². The number of rotatable bonds is 10. The summed E-state index contributed by atoms with van der Waals surface area (Å²) in [6.45, 7) is 0.987. The van der Waals surface area contributed by atoms with E-state index in [9.17, 15) is 9.90 Å². The Morgan fingerprint density at radius 3 is 2.11 bits per heavy atom. The summed E-state index contributed by atoms with van der Waals surface area (Å²) in [6.07, 6.45) is 1.48. The van der Waals surface area contributed by atoms with Gasteiger partial charge >= 0.3 is 5.69 Å². The Kier molecular flexibility index (Phi) is 8.97. The van der Waals surface area contributed by atoms with Crippen molar-refractivity contribution >= 4 is 11.7 Å². The molecule has 3 heterocycles. The van der Waals surface area contributed by atoms with Crippen molar-refractivity contribution in [2.45, 2.75) is 43.3 Å². The molecule has 0 amide bonds. The predicted molar refractivity (Wildman–Crippen MR) is 170 cm³/mol. The van der Waals surface area contributed by atoms with Gasteiger partial charge in [0.05, 0.1) is 26.9 Å². The Morgan fingerprint density at radius 2 is 1.56 bits per heavy atom. The maximum absolute atomic E-state index is 13.0. The fourth-order valence-electron chi connectivity index (χ4n) is 6.07. The second kappa shape index (κ2) is 13.2. The van der Waals surface area contributed by atoms with Gasteiger partial charge in [-0.25, -0.2) is 9.79 Å². The fourth-order valence-corrected chi connectivity index (χ4v) is 6.07. The first-order chi connectivity index (χ1) is 21.9. The summed E-state index contributed by atoms with van der Waals surface area (Å²) in [5.74, 6) is 2.73. The van der Waals surface area contributed by atoms with Crippen molar-refractivity contribution in [1.82, 2.24) is 14.5 Å². The largest absolute Gasteiger partial charge is 0.497 e. The zero-order valence-electron chi connectivity index (χ0n) is 25.7. The van der Waals surface area contributed by atoms with Gasteiger partial charge in [0, 0.05) is 32.6 Å². The third-order valence-corrected chi connectivity index (χ3v) is 8.55. The van der Waals surface area contributed by atoms with E-state index in [0.29, 0.717) is 5.82 Å². The first-order valence-corrected chi connectivity index (χ1v) is 15.1. The molecule has 10 heteroatoms. The second-order valence-corrected chi connectivity index (χ2v) is 11.3. The summed E-state index contributed by atoms with van der Waals surface area (Å²) < 4.78 is 25.5. The Hall–Kier alpha value is -4.51. The van der Waals surface area contributed by atoms with E-state index in [1.165, 1.54) is 4.57 Å². The number of methoxy groups -OCH3 is 2. The van der Waals surface area contributed by atoms with Crippen LogP contribution in [0.3, 0.4) is 0 Å². The summed E-state index contributed by atoms with van der Waals surface area (Å²) in [4.78, 5) is 23.8. The Balaban J connectivity index is 1.30. The van der Waals surface area contributed by atoms with E-state index in [-0.39, 0.29) is 13.0 Å². The van der Waals surface area contributed by atoms with E-state index in [2.05, 4.69) is 14.9 Å². The van der Waals surface area contributed by atoms with Gasteiger partial charge in [-0.3, -0.25) is 4.57 Å². The minimum atomic E-state index is -1.06. The topological polar surface area (TPSA) is 108 Å². The van der Waals surface area contributed by atoms with Gasteiger partial charge < -0.3 is 29.0 Å². The van der Waals surface area contributed by atoms with Crippen molar-refractivity contribution in [3.8, 4) is 11.5 Å². The number of hydrogen-bond acceptors (Lipinski definition) is 8. The van der Waals surface area contributed by atoms with Gasteiger partial charge in [-0.1, -0.05) is 54.6 Å². The molecule has 0 aliphatic carbocycles. The van der Waals surface area contributed by atoms with Gasteiger partial charge in [0.1, 0.15) is 35.3 Å². The molecular formula is C35H38N4O6. The lowest BCUT2D eigenvalue weighted by Crippen LogP contribution is -2.38. The first-order valence-electron chi connectivity index (χ1n) is 15.1. The van der Waals surface area contributed by atoms with Gasteiger partial charge in [-0.15, -0.1) is 0 Å². The highest BCUT2D eigenvalue weighted by atomic mass is 16.6. The molecule has 45 heavy (non-hydrogen) atoms. The smallest absolute Gasteiger partial charge is 0.351 e. The highest BCUT2D eigenvalue weighted by Crippen LogP contribution is 2.42. The highest BCUT2D eigenvalue weighted by Gasteiger charge is 2.42. The van der Waals surface area contributed by atoms with E-state index in [1.807, 2.05) is 85.9 Å². The molecule has 4 aromatic rings. The monoisotopic (exact) mass is 610 g/mol. The van der Waals surface area contributed by atoms with Crippen molar-refractivity contribution in [2.24, 2.45) is 4.99 Å². The third-order valence-electron chi connectivity index (χ3n) is 8.55. The fraction of sp³-hybridized carbons (Fsp3) is 0.343. The minimum Gasteiger partial charge on any atom is -0.497 e. The molecule has 0 spiro atoms. The third kappa shape index (κ3) is 6.22. The maximum atomic E-state index is 13.0. The summed E-state index contributed by atoms with van der Waals surface area (Å²) >= 11 is 0. The van der Waals surface area contributed by atoms with Crippen LogP contribution in [0.25, 0.3) is 0 Å². The highest BCUT2D eigenvalue weighted by molar-refractivity contribution is 5.85. The van der Waals surface area contributed by atoms with E-state index in [0.717, 1.165) is 53.4 Å².